The maximum Gasteiger partial charge on any atom is 0.127 e. The van der Waals surface area contributed by atoms with Crippen LogP contribution < -0.4 is 0 Å². The first-order valence-corrected chi connectivity index (χ1v) is 7.35. The van der Waals surface area contributed by atoms with Gasteiger partial charge in [-0.1, -0.05) is 13.2 Å². The second-order valence-electron chi connectivity index (χ2n) is 6.05. The highest BCUT2D eigenvalue weighted by Crippen LogP contribution is 2.61. The predicted molar refractivity (Wildman–Crippen MR) is 74.9 cm³/mol. The van der Waals surface area contributed by atoms with Gasteiger partial charge < -0.3 is 18.9 Å². The first kappa shape index (κ1) is 14.0. The fourth-order valence-corrected chi connectivity index (χ4v) is 5.10. The van der Waals surface area contributed by atoms with Gasteiger partial charge in [0.2, 0.25) is 0 Å². The molecular weight excluding hydrogens is 256 g/mol. The Morgan fingerprint density at radius 3 is 2.10 bits per heavy atom. The summed E-state index contributed by atoms with van der Waals surface area (Å²) in [5.41, 5.74) is 0. The van der Waals surface area contributed by atoms with Crippen LogP contribution >= 0.6 is 0 Å². The monoisotopic (exact) mass is 280 g/mol. The molecule has 112 valence electrons. The van der Waals surface area contributed by atoms with Crippen LogP contribution in [0.25, 0.3) is 0 Å². The zero-order valence-corrected chi connectivity index (χ0v) is 12.2. The standard InChI is InChI=1S/C16H24O4/c1-5-19-12-8-9-10-7-11(13(9)16(12)18-4)14(17-3)15(10)20-6-2/h5-6,9-16H,1-2,7-8H2,3-4H3. The zero-order chi connectivity index (χ0) is 14.3. The molecule has 3 aliphatic carbocycles. The summed E-state index contributed by atoms with van der Waals surface area (Å²) in [6.45, 7) is 7.37. The second-order valence-corrected chi connectivity index (χ2v) is 6.05. The Kier molecular flexibility index (Phi) is 3.78. The highest BCUT2D eigenvalue weighted by Gasteiger charge is 2.65. The van der Waals surface area contributed by atoms with Crippen molar-refractivity contribution in [1.82, 2.24) is 0 Å². The molecule has 2 bridgehead atoms. The predicted octanol–water partition coefficient (Wildman–Crippen LogP) is 2.36. The van der Waals surface area contributed by atoms with E-state index in [0.29, 0.717) is 23.7 Å². The molecule has 20 heavy (non-hydrogen) atoms. The minimum absolute atomic E-state index is 0.109. The molecule has 0 aromatic heterocycles. The lowest BCUT2D eigenvalue weighted by Crippen LogP contribution is -2.45. The molecule has 0 N–H and O–H groups in total. The first-order chi connectivity index (χ1) is 9.76. The van der Waals surface area contributed by atoms with Crippen molar-refractivity contribution >= 4 is 0 Å². The van der Waals surface area contributed by atoms with Gasteiger partial charge in [0.1, 0.15) is 12.2 Å². The van der Waals surface area contributed by atoms with Crippen molar-refractivity contribution in [2.24, 2.45) is 23.7 Å². The molecule has 3 saturated carbocycles. The lowest BCUT2D eigenvalue weighted by atomic mass is 9.77. The zero-order valence-electron chi connectivity index (χ0n) is 12.2. The van der Waals surface area contributed by atoms with Gasteiger partial charge in [-0.15, -0.1) is 0 Å². The van der Waals surface area contributed by atoms with Gasteiger partial charge in [-0.2, -0.15) is 0 Å². The summed E-state index contributed by atoms with van der Waals surface area (Å²) in [6, 6.07) is 0. The Balaban J connectivity index is 1.84. The van der Waals surface area contributed by atoms with E-state index in [0.717, 1.165) is 12.8 Å². The van der Waals surface area contributed by atoms with Crippen LogP contribution in [0.2, 0.25) is 0 Å². The molecule has 0 aliphatic heterocycles. The van der Waals surface area contributed by atoms with Crippen molar-refractivity contribution < 1.29 is 18.9 Å². The average molecular weight is 280 g/mol. The minimum atomic E-state index is 0.109. The third kappa shape index (κ3) is 1.81. The lowest BCUT2D eigenvalue weighted by Gasteiger charge is -2.37. The van der Waals surface area contributed by atoms with Crippen LogP contribution in [0.4, 0.5) is 0 Å². The molecule has 0 heterocycles. The number of rotatable bonds is 6. The molecule has 0 radical (unpaired) electrons. The summed E-state index contributed by atoms with van der Waals surface area (Å²) in [4.78, 5) is 0. The quantitative estimate of drug-likeness (QED) is 0.700. The highest BCUT2D eigenvalue weighted by atomic mass is 16.5. The molecule has 0 aromatic rings. The second kappa shape index (κ2) is 5.41. The van der Waals surface area contributed by atoms with Crippen molar-refractivity contribution in [3.05, 3.63) is 25.7 Å². The first-order valence-electron chi connectivity index (χ1n) is 7.35. The normalized spacial score (nSPS) is 48.9. The third-order valence-electron chi connectivity index (χ3n) is 5.57. The Labute approximate surface area is 120 Å². The molecule has 8 atom stereocenters. The van der Waals surface area contributed by atoms with E-state index in [1.165, 1.54) is 6.26 Å². The van der Waals surface area contributed by atoms with Crippen molar-refractivity contribution in [2.45, 2.75) is 37.3 Å². The van der Waals surface area contributed by atoms with Gasteiger partial charge in [0.25, 0.3) is 0 Å². The molecule has 3 fully saturated rings. The van der Waals surface area contributed by atoms with Crippen LogP contribution in [0.5, 0.6) is 0 Å². The van der Waals surface area contributed by atoms with Crippen molar-refractivity contribution in [3.8, 4) is 0 Å². The molecule has 4 nitrogen and oxygen atoms in total. The van der Waals surface area contributed by atoms with Gasteiger partial charge in [-0.25, -0.2) is 0 Å². The summed E-state index contributed by atoms with van der Waals surface area (Å²) < 4.78 is 22.9. The maximum absolute atomic E-state index is 5.75. The Bertz CT molecular complexity index is 383. The van der Waals surface area contributed by atoms with Crippen molar-refractivity contribution in [1.29, 1.82) is 0 Å². The summed E-state index contributed by atoms with van der Waals surface area (Å²) in [5.74, 6) is 2.10. The average Bonchev–Trinajstić information content (AvgIpc) is 3.07. The summed E-state index contributed by atoms with van der Waals surface area (Å²) >= 11 is 0. The maximum atomic E-state index is 5.75. The molecule has 3 aliphatic rings. The van der Waals surface area contributed by atoms with Gasteiger partial charge in [-0.05, 0) is 30.6 Å². The topological polar surface area (TPSA) is 36.9 Å². The van der Waals surface area contributed by atoms with E-state index < -0.39 is 0 Å². The molecule has 3 rings (SSSR count). The summed E-state index contributed by atoms with van der Waals surface area (Å²) in [5, 5.41) is 0. The van der Waals surface area contributed by atoms with Gasteiger partial charge in [0.15, 0.2) is 0 Å². The van der Waals surface area contributed by atoms with E-state index in [9.17, 15) is 0 Å². The van der Waals surface area contributed by atoms with Gasteiger partial charge >= 0.3 is 0 Å². The largest absolute Gasteiger partial charge is 0.496 e. The molecule has 0 saturated heterocycles. The van der Waals surface area contributed by atoms with E-state index in [-0.39, 0.29) is 24.4 Å². The van der Waals surface area contributed by atoms with Crippen LogP contribution in [0.15, 0.2) is 25.7 Å². The van der Waals surface area contributed by atoms with Gasteiger partial charge in [-0.3, -0.25) is 0 Å². The van der Waals surface area contributed by atoms with Crippen molar-refractivity contribution in [3.63, 3.8) is 0 Å². The van der Waals surface area contributed by atoms with E-state index in [1.807, 2.05) is 0 Å². The van der Waals surface area contributed by atoms with E-state index >= 15 is 0 Å². The molecule has 8 unspecified atom stereocenters. The van der Waals surface area contributed by atoms with Crippen LogP contribution in [0, 0.1) is 23.7 Å². The number of methoxy groups -OCH3 is 2. The Morgan fingerprint density at radius 1 is 0.800 bits per heavy atom. The van der Waals surface area contributed by atoms with E-state index in [2.05, 4.69) is 13.2 Å². The van der Waals surface area contributed by atoms with Gasteiger partial charge in [0.05, 0.1) is 24.7 Å². The van der Waals surface area contributed by atoms with Crippen LogP contribution in [0.1, 0.15) is 12.8 Å². The minimum Gasteiger partial charge on any atom is -0.496 e. The number of hydrogen-bond donors (Lipinski definition) is 0. The number of hydrogen-bond acceptors (Lipinski definition) is 4. The van der Waals surface area contributed by atoms with E-state index in [4.69, 9.17) is 18.9 Å². The third-order valence-corrected chi connectivity index (χ3v) is 5.57. The van der Waals surface area contributed by atoms with Crippen LogP contribution in [-0.2, 0) is 18.9 Å². The number of fused-ring (bicyclic) bond motifs is 5. The molecule has 0 spiro atoms. The van der Waals surface area contributed by atoms with Crippen LogP contribution in [0.3, 0.4) is 0 Å². The Morgan fingerprint density at radius 2 is 1.50 bits per heavy atom. The number of ether oxygens (including phenoxy) is 4. The summed E-state index contributed by atoms with van der Waals surface area (Å²) in [7, 11) is 3.55. The fraction of sp³-hybridized carbons (Fsp3) is 0.750. The highest BCUT2D eigenvalue weighted by molar-refractivity contribution is 5.14. The lowest BCUT2D eigenvalue weighted by molar-refractivity contribution is -0.0996. The van der Waals surface area contributed by atoms with Gasteiger partial charge in [0, 0.05) is 20.1 Å². The molecule has 0 amide bonds. The Hall–Kier alpha value is -1.00. The molecular formula is C16H24O4. The molecule has 0 aromatic carbocycles. The van der Waals surface area contributed by atoms with E-state index in [1.54, 1.807) is 20.5 Å². The fourth-order valence-electron chi connectivity index (χ4n) is 5.10. The van der Waals surface area contributed by atoms with Crippen molar-refractivity contribution in [2.75, 3.05) is 14.2 Å². The smallest absolute Gasteiger partial charge is 0.127 e. The summed E-state index contributed by atoms with van der Waals surface area (Å²) in [6.07, 6.45) is 5.77. The van der Waals surface area contributed by atoms with Crippen LogP contribution in [-0.4, -0.2) is 38.6 Å². The SMILES string of the molecule is C=COC1CC2C3CC(C(OC)C3OC=C)C2C1OC. The molecule has 4 heteroatoms.